The molecule has 1 aromatic rings. The van der Waals surface area contributed by atoms with Crippen LogP contribution in [-0.4, -0.2) is 11.0 Å². The average molecular weight is 266 g/mol. The van der Waals surface area contributed by atoms with Crippen LogP contribution in [0.4, 0.5) is 15.8 Å². The quantitative estimate of drug-likeness (QED) is 0.659. The van der Waals surface area contributed by atoms with E-state index in [1.165, 1.54) is 31.4 Å². The van der Waals surface area contributed by atoms with Crippen molar-refractivity contribution in [3.05, 3.63) is 34.1 Å². The highest BCUT2D eigenvalue weighted by molar-refractivity contribution is 5.50. The first kappa shape index (κ1) is 13.8. The number of nitro groups is 1. The topological polar surface area (TPSA) is 55.2 Å². The summed E-state index contributed by atoms with van der Waals surface area (Å²) >= 11 is 0. The molecule has 1 fully saturated rings. The summed E-state index contributed by atoms with van der Waals surface area (Å²) in [5.41, 5.74) is 0.158. The third-order valence-corrected chi connectivity index (χ3v) is 3.88. The number of rotatable bonds is 4. The van der Waals surface area contributed by atoms with Crippen molar-refractivity contribution in [2.45, 2.75) is 45.1 Å². The van der Waals surface area contributed by atoms with Gasteiger partial charge in [0, 0.05) is 23.9 Å². The Balaban J connectivity index is 2.03. The molecule has 0 saturated heterocycles. The highest BCUT2D eigenvalue weighted by Crippen LogP contribution is 2.29. The zero-order valence-electron chi connectivity index (χ0n) is 11.1. The van der Waals surface area contributed by atoms with E-state index in [4.69, 9.17) is 0 Å². The van der Waals surface area contributed by atoms with Crippen LogP contribution in [0.25, 0.3) is 0 Å². The molecule has 0 bridgehead atoms. The minimum absolute atomic E-state index is 0.347. The van der Waals surface area contributed by atoms with E-state index in [1.807, 2.05) is 0 Å². The Labute approximate surface area is 112 Å². The van der Waals surface area contributed by atoms with Crippen LogP contribution in [0, 0.1) is 21.8 Å². The van der Waals surface area contributed by atoms with Gasteiger partial charge in [-0.1, -0.05) is 26.2 Å². The molecule has 1 saturated carbocycles. The molecule has 1 aromatic carbocycles. The lowest BCUT2D eigenvalue weighted by Gasteiger charge is -2.29. The van der Waals surface area contributed by atoms with Crippen molar-refractivity contribution in [2.24, 2.45) is 5.92 Å². The first-order valence-electron chi connectivity index (χ1n) is 6.80. The highest BCUT2D eigenvalue weighted by Gasteiger charge is 2.21. The second-order valence-electron chi connectivity index (χ2n) is 5.21. The van der Waals surface area contributed by atoms with Gasteiger partial charge in [0.2, 0.25) is 5.82 Å². The third-order valence-electron chi connectivity index (χ3n) is 3.88. The number of hydrogen-bond acceptors (Lipinski definition) is 3. The lowest BCUT2D eigenvalue weighted by Crippen LogP contribution is -2.27. The summed E-state index contributed by atoms with van der Waals surface area (Å²) in [6.45, 7) is 2.19. The molecule has 1 N–H and O–H groups in total. The van der Waals surface area contributed by atoms with Crippen molar-refractivity contribution in [3.8, 4) is 0 Å². The van der Waals surface area contributed by atoms with Gasteiger partial charge in [0.05, 0.1) is 4.92 Å². The van der Waals surface area contributed by atoms with E-state index in [1.54, 1.807) is 6.07 Å². The predicted molar refractivity (Wildman–Crippen MR) is 72.7 cm³/mol. The molecule has 104 valence electrons. The smallest absolute Gasteiger partial charge is 0.304 e. The Morgan fingerprint density at radius 3 is 2.89 bits per heavy atom. The van der Waals surface area contributed by atoms with Crippen LogP contribution in [0.1, 0.15) is 39.0 Å². The maximum Gasteiger partial charge on any atom is 0.304 e. The average Bonchev–Trinajstić information content (AvgIpc) is 2.38. The van der Waals surface area contributed by atoms with Gasteiger partial charge in [0.25, 0.3) is 0 Å². The monoisotopic (exact) mass is 266 g/mol. The first-order chi connectivity index (χ1) is 9.10. The maximum absolute atomic E-state index is 13.5. The first-order valence-corrected chi connectivity index (χ1v) is 6.80. The zero-order valence-corrected chi connectivity index (χ0v) is 11.1. The fourth-order valence-electron chi connectivity index (χ4n) is 2.77. The van der Waals surface area contributed by atoms with Crippen molar-refractivity contribution in [1.82, 2.24) is 0 Å². The summed E-state index contributed by atoms with van der Waals surface area (Å²) in [5, 5.41) is 13.8. The van der Waals surface area contributed by atoms with Crippen molar-refractivity contribution in [1.29, 1.82) is 0 Å². The Morgan fingerprint density at radius 1 is 1.47 bits per heavy atom. The molecular formula is C14H19FN2O2. The number of nitrogens with one attached hydrogen (secondary N) is 1. The fraction of sp³-hybridized carbons (Fsp3) is 0.571. The van der Waals surface area contributed by atoms with E-state index in [0.29, 0.717) is 11.7 Å². The summed E-state index contributed by atoms with van der Waals surface area (Å²) in [4.78, 5) is 9.85. The summed E-state index contributed by atoms with van der Waals surface area (Å²) < 4.78 is 13.5. The fourth-order valence-corrected chi connectivity index (χ4v) is 2.77. The molecule has 0 spiro atoms. The molecule has 1 aliphatic carbocycles. The van der Waals surface area contributed by atoms with Crippen molar-refractivity contribution in [3.63, 3.8) is 0 Å². The summed E-state index contributed by atoms with van der Waals surface area (Å²) in [6, 6.07) is 4.36. The standard InChI is InChI=1S/C14H19FN2O2/c1-2-10-4-3-5-11(8-10)16-12-6-7-14(17(18)19)13(15)9-12/h6-7,9-11,16H,2-5,8H2,1H3. The molecule has 0 heterocycles. The summed E-state index contributed by atoms with van der Waals surface area (Å²) in [7, 11) is 0. The van der Waals surface area contributed by atoms with Gasteiger partial charge in [-0.2, -0.15) is 4.39 Å². The zero-order chi connectivity index (χ0) is 13.8. The highest BCUT2D eigenvalue weighted by atomic mass is 19.1. The molecule has 2 atom stereocenters. The number of anilines is 1. The predicted octanol–water partition coefficient (Wildman–Crippen LogP) is 4.11. The van der Waals surface area contributed by atoms with Crippen LogP contribution in [-0.2, 0) is 0 Å². The van der Waals surface area contributed by atoms with Gasteiger partial charge in [0.15, 0.2) is 0 Å². The van der Waals surface area contributed by atoms with E-state index in [9.17, 15) is 14.5 Å². The van der Waals surface area contributed by atoms with Gasteiger partial charge in [-0.05, 0) is 24.8 Å². The maximum atomic E-state index is 13.5. The molecule has 1 aliphatic rings. The number of halogens is 1. The minimum atomic E-state index is -0.780. The number of benzene rings is 1. The minimum Gasteiger partial charge on any atom is -0.382 e. The van der Waals surface area contributed by atoms with Gasteiger partial charge < -0.3 is 5.32 Å². The summed E-state index contributed by atoms with van der Waals surface area (Å²) in [5.74, 6) is -0.0491. The van der Waals surface area contributed by atoms with Gasteiger partial charge in [-0.15, -0.1) is 0 Å². The molecule has 5 heteroatoms. The Hall–Kier alpha value is -1.65. The molecule has 0 amide bonds. The molecule has 4 nitrogen and oxygen atoms in total. The second-order valence-corrected chi connectivity index (χ2v) is 5.21. The number of nitrogens with zero attached hydrogens (tertiary/aromatic N) is 1. The third kappa shape index (κ3) is 3.43. The van der Waals surface area contributed by atoms with Gasteiger partial charge in [-0.25, -0.2) is 0 Å². The van der Waals surface area contributed by atoms with Crippen molar-refractivity contribution >= 4 is 11.4 Å². The van der Waals surface area contributed by atoms with Gasteiger partial charge in [-0.3, -0.25) is 10.1 Å². The van der Waals surface area contributed by atoms with E-state index >= 15 is 0 Å². The van der Waals surface area contributed by atoms with E-state index in [0.717, 1.165) is 18.8 Å². The lowest BCUT2D eigenvalue weighted by molar-refractivity contribution is -0.387. The SMILES string of the molecule is CCC1CCCC(Nc2ccc([N+](=O)[O-])c(F)c2)C1. The normalized spacial score (nSPS) is 23.1. The van der Waals surface area contributed by atoms with E-state index < -0.39 is 16.4 Å². The van der Waals surface area contributed by atoms with Crippen molar-refractivity contribution in [2.75, 3.05) is 5.32 Å². The molecule has 2 unspecified atom stereocenters. The largest absolute Gasteiger partial charge is 0.382 e. The molecule has 2 rings (SSSR count). The Morgan fingerprint density at radius 2 is 2.26 bits per heavy atom. The Bertz CT molecular complexity index is 465. The molecular weight excluding hydrogens is 247 g/mol. The van der Waals surface area contributed by atoms with Gasteiger partial charge in [0.1, 0.15) is 0 Å². The molecule has 0 radical (unpaired) electrons. The van der Waals surface area contributed by atoms with Crippen LogP contribution in [0.5, 0.6) is 0 Å². The Kier molecular flexibility index (Phi) is 4.35. The molecule has 0 aromatic heterocycles. The van der Waals surface area contributed by atoms with Crippen molar-refractivity contribution < 1.29 is 9.31 Å². The lowest BCUT2D eigenvalue weighted by atomic mass is 9.84. The number of nitro benzene ring substituents is 1. The summed E-state index contributed by atoms with van der Waals surface area (Å²) in [6.07, 6.45) is 5.80. The molecule has 19 heavy (non-hydrogen) atoms. The van der Waals surface area contributed by atoms with Gasteiger partial charge >= 0.3 is 5.69 Å². The second kappa shape index (κ2) is 5.99. The van der Waals surface area contributed by atoms with E-state index in [-0.39, 0.29) is 0 Å². The van der Waals surface area contributed by atoms with Crippen LogP contribution in [0.15, 0.2) is 18.2 Å². The van der Waals surface area contributed by atoms with E-state index in [2.05, 4.69) is 12.2 Å². The molecule has 0 aliphatic heterocycles. The van der Waals surface area contributed by atoms with Crippen LogP contribution < -0.4 is 5.32 Å². The van der Waals surface area contributed by atoms with Crippen LogP contribution in [0.3, 0.4) is 0 Å². The van der Waals surface area contributed by atoms with Crippen LogP contribution >= 0.6 is 0 Å². The number of hydrogen-bond donors (Lipinski definition) is 1. The van der Waals surface area contributed by atoms with Crippen LogP contribution in [0.2, 0.25) is 0 Å².